The SMILES string of the molecule is Cc1cc(C(/C=C/c2ccc(C(=O)NCC(=O)NC3CS(=O)C3)c(C)c2)C(F)(F)F)cc(-n2ccc(N)nc2=O)c1. The van der Waals surface area contributed by atoms with Crippen LogP contribution in [0.1, 0.15) is 38.5 Å². The van der Waals surface area contributed by atoms with Crippen molar-refractivity contribution in [2.24, 2.45) is 0 Å². The third-order valence-electron chi connectivity index (χ3n) is 6.42. The molecule has 1 atom stereocenters. The van der Waals surface area contributed by atoms with Gasteiger partial charge in [0.1, 0.15) is 5.82 Å². The predicted octanol–water partition coefficient (Wildman–Crippen LogP) is 2.77. The molecule has 0 aliphatic carbocycles. The molecule has 216 valence electrons. The number of hydrogen-bond donors (Lipinski definition) is 3. The Hall–Kier alpha value is -4.26. The summed E-state index contributed by atoms with van der Waals surface area (Å²) in [7, 11) is -0.908. The van der Waals surface area contributed by atoms with Gasteiger partial charge in [-0.05, 0) is 60.4 Å². The van der Waals surface area contributed by atoms with Gasteiger partial charge in [0.25, 0.3) is 5.91 Å². The second-order valence-corrected chi connectivity index (χ2v) is 11.3. The number of rotatable bonds is 8. The Morgan fingerprint density at radius 1 is 1.17 bits per heavy atom. The van der Waals surface area contributed by atoms with Gasteiger partial charge in [0.2, 0.25) is 5.91 Å². The topological polar surface area (TPSA) is 136 Å². The number of amides is 2. The number of halogens is 3. The summed E-state index contributed by atoms with van der Waals surface area (Å²) in [6.07, 6.45) is -0.932. The molecule has 1 aliphatic heterocycles. The molecule has 9 nitrogen and oxygen atoms in total. The van der Waals surface area contributed by atoms with E-state index in [2.05, 4.69) is 15.6 Å². The smallest absolute Gasteiger partial charge is 0.383 e. The Kier molecular flexibility index (Phi) is 8.76. The summed E-state index contributed by atoms with van der Waals surface area (Å²) in [5.41, 5.74) is 6.72. The first-order valence-electron chi connectivity index (χ1n) is 12.6. The summed E-state index contributed by atoms with van der Waals surface area (Å²) in [5, 5.41) is 5.20. The monoisotopic (exact) mass is 587 g/mol. The lowest BCUT2D eigenvalue weighted by atomic mass is 9.94. The van der Waals surface area contributed by atoms with E-state index < -0.39 is 40.4 Å². The Morgan fingerprint density at radius 3 is 2.54 bits per heavy atom. The van der Waals surface area contributed by atoms with Crippen LogP contribution < -0.4 is 22.1 Å². The fourth-order valence-corrected chi connectivity index (χ4v) is 5.37. The lowest BCUT2D eigenvalue weighted by molar-refractivity contribution is -0.139. The molecule has 3 aromatic rings. The van der Waals surface area contributed by atoms with E-state index in [1.165, 1.54) is 42.6 Å². The van der Waals surface area contributed by atoms with Gasteiger partial charge in [-0.1, -0.05) is 30.4 Å². The zero-order chi connectivity index (χ0) is 29.9. The first kappa shape index (κ1) is 29.7. The van der Waals surface area contributed by atoms with Crippen LogP contribution in [0.2, 0.25) is 0 Å². The molecule has 1 saturated heterocycles. The van der Waals surface area contributed by atoms with E-state index >= 15 is 0 Å². The lowest BCUT2D eigenvalue weighted by Crippen LogP contribution is -2.52. The molecular formula is C28H28F3N5O4S. The molecule has 0 radical (unpaired) electrons. The molecule has 0 saturated carbocycles. The number of alkyl halides is 3. The van der Waals surface area contributed by atoms with Gasteiger partial charge >= 0.3 is 11.9 Å². The second-order valence-electron chi connectivity index (χ2n) is 9.78. The third-order valence-corrected chi connectivity index (χ3v) is 7.97. The standard InChI is InChI=1S/C28H28F3N5O4S/c1-16-9-19(12-21(10-16)36-8-7-24(32)35-27(36)39)23(28(29,30)31)6-4-18-3-5-22(17(2)11-18)26(38)33-13-25(37)34-20-14-41(40)15-20/h3-12,20,23H,13-15H2,1-2H3,(H,33,38)(H,34,37)(H2,32,35,39)/b6-4+. The average molecular weight is 588 g/mol. The highest BCUT2D eigenvalue weighted by atomic mass is 32.2. The number of aryl methyl sites for hydroxylation is 2. The number of nitrogen functional groups attached to an aromatic ring is 1. The van der Waals surface area contributed by atoms with Crippen molar-refractivity contribution in [1.29, 1.82) is 0 Å². The number of nitrogens with zero attached hydrogens (tertiary/aromatic N) is 2. The van der Waals surface area contributed by atoms with Gasteiger partial charge < -0.3 is 16.4 Å². The Labute approximate surface area is 236 Å². The maximum atomic E-state index is 14.2. The summed E-state index contributed by atoms with van der Waals surface area (Å²) in [6.45, 7) is 3.02. The highest BCUT2D eigenvalue weighted by Gasteiger charge is 2.39. The molecule has 0 spiro atoms. The number of benzene rings is 2. The number of aromatic nitrogens is 2. The number of carbonyl (C=O) groups excluding carboxylic acids is 2. The van der Waals surface area contributed by atoms with Crippen LogP contribution in [0.25, 0.3) is 11.8 Å². The molecule has 1 aliphatic rings. The third kappa shape index (κ3) is 7.48. The molecule has 4 N–H and O–H groups in total. The van der Waals surface area contributed by atoms with Gasteiger partial charge in [-0.2, -0.15) is 18.2 Å². The zero-order valence-corrected chi connectivity index (χ0v) is 23.0. The van der Waals surface area contributed by atoms with Gasteiger partial charge in [-0.3, -0.25) is 18.4 Å². The number of anilines is 1. The number of nitrogens with one attached hydrogen (secondary N) is 2. The number of hydrogen-bond acceptors (Lipinski definition) is 6. The van der Waals surface area contributed by atoms with Crippen LogP contribution in [0.4, 0.5) is 19.0 Å². The molecule has 13 heteroatoms. The Balaban J connectivity index is 1.50. The van der Waals surface area contributed by atoms with Crippen LogP contribution in [0, 0.1) is 13.8 Å². The van der Waals surface area contributed by atoms with E-state index in [9.17, 15) is 31.8 Å². The predicted molar refractivity (Wildman–Crippen MR) is 150 cm³/mol. The van der Waals surface area contributed by atoms with Crippen LogP contribution in [0.15, 0.2) is 59.5 Å². The second kappa shape index (κ2) is 12.1. The maximum absolute atomic E-state index is 14.2. The first-order chi connectivity index (χ1) is 19.3. The van der Waals surface area contributed by atoms with E-state index in [0.29, 0.717) is 28.2 Å². The van der Waals surface area contributed by atoms with Crippen molar-refractivity contribution in [3.8, 4) is 5.69 Å². The van der Waals surface area contributed by atoms with Crippen LogP contribution in [-0.2, 0) is 15.6 Å². The Bertz CT molecular complexity index is 1590. The number of nitrogens with two attached hydrogens (primary N) is 1. The van der Waals surface area contributed by atoms with Crippen LogP contribution >= 0.6 is 0 Å². The number of carbonyl (C=O) groups is 2. The quantitative estimate of drug-likeness (QED) is 0.371. The Morgan fingerprint density at radius 2 is 1.90 bits per heavy atom. The van der Waals surface area contributed by atoms with Crippen LogP contribution in [0.5, 0.6) is 0 Å². The molecule has 1 aromatic heterocycles. The van der Waals surface area contributed by atoms with Crippen LogP contribution in [0.3, 0.4) is 0 Å². The normalized spacial score (nSPS) is 17.6. The van der Waals surface area contributed by atoms with E-state index in [0.717, 1.165) is 10.6 Å². The summed E-state index contributed by atoms with van der Waals surface area (Å²) in [5.74, 6) is -2.08. The average Bonchev–Trinajstić information content (AvgIpc) is 2.85. The van der Waals surface area contributed by atoms with Crippen molar-refractivity contribution in [1.82, 2.24) is 20.2 Å². The number of allylic oxidation sites excluding steroid dienone is 1. The first-order valence-corrected chi connectivity index (χ1v) is 14.0. The minimum absolute atomic E-state index is 0.00296. The van der Waals surface area contributed by atoms with Crippen molar-refractivity contribution in [3.63, 3.8) is 0 Å². The van der Waals surface area contributed by atoms with Gasteiger partial charge in [-0.25, -0.2) is 4.79 Å². The highest BCUT2D eigenvalue weighted by molar-refractivity contribution is 7.86. The van der Waals surface area contributed by atoms with E-state index in [-0.39, 0.29) is 35.2 Å². The van der Waals surface area contributed by atoms with E-state index in [1.54, 1.807) is 26.0 Å². The molecular weight excluding hydrogens is 559 g/mol. The summed E-state index contributed by atoms with van der Waals surface area (Å²) in [6, 6.07) is 10.1. The lowest BCUT2D eigenvalue weighted by Gasteiger charge is -2.25. The largest absolute Gasteiger partial charge is 0.399 e. The zero-order valence-electron chi connectivity index (χ0n) is 22.2. The summed E-state index contributed by atoms with van der Waals surface area (Å²) in [4.78, 5) is 40.4. The molecule has 0 bridgehead atoms. The van der Waals surface area contributed by atoms with Crippen molar-refractivity contribution in [2.75, 3.05) is 23.8 Å². The maximum Gasteiger partial charge on any atom is 0.399 e. The molecule has 2 aromatic carbocycles. The molecule has 2 heterocycles. The molecule has 4 rings (SSSR count). The summed E-state index contributed by atoms with van der Waals surface area (Å²) >= 11 is 0. The van der Waals surface area contributed by atoms with E-state index in [4.69, 9.17) is 5.73 Å². The van der Waals surface area contributed by atoms with Gasteiger partial charge in [0.15, 0.2) is 0 Å². The van der Waals surface area contributed by atoms with Gasteiger partial charge in [-0.15, -0.1) is 0 Å². The van der Waals surface area contributed by atoms with Crippen molar-refractivity contribution < 1.29 is 27.0 Å². The molecule has 1 fully saturated rings. The van der Waals surface area contributed by atoms with Crippen molar-refractivity contribution >= 4 is 34.5 Å². The van der Waals surface area contributed by atoms with Crippen LogP contribution in [-0.4, -0.2) is 55.8 Å². The van der Waals surface area contributed by atoms with Crippen molar-refractivity contribution in [3.05, 3.63) is 93.0 Å². The van der Waals surface area contributed by atoms with Gasteiger partial charge in [0.05, 0.1) is 24.2 Å². The van der Waals surface area contributed by atoms with Crippen molar-refractivity contribution in [2.45, 2.75) is 32.0 Å². The van der Waals surface area contributed by atoms with Gasteiger partial charge in [0, 0.05) is 34.1 Å². The highest BCUT2D eigenvalue weighted by Crippen LogP contribution is 2.37. The molecule has 2 amide bonds. The minimum Gasteiger partial charge on any atom is -0.383 e. The summed E-state index contributed by atoms with van der Waals surface area (Å²) < 4.78 is 54.8. The fraction of sp³-hybridized carbons (Fsp3) is 0.286. The molecule has 1 unspecified atom stereocenters. The minimum atomic E-state index is -4.63. The fourth-order valence-electron chi connectivity index (χ4n) is 4.40. The molecule has 41 heavy (non-hydrogen) atoms. The van der Waals surface area contributed by atoms with E-state index in [1.807, 2.05) is 0 Å².